The number of carbonyl (C=O) groups is 1. The Hall–Kier alpha value is -2.40. The van der Waals surface area contributed by atoms with Crippen LogP contribution in [0.2, 0.25) is 0 Å². The van der Waals surface area contributed by atoms with Crippen LogP contribution < -0.4 is 4.74 Å². The zero-order chi connectivity index (χ0) is 20.4. The van der Waals surface area contributed by atoms with E-state index in [-0.39, 0.29) is 24.4 Å². The van der Waals surface area contributed by atoms with Crippen molar-refractivity contribution in [2.24, 2.45) is 5.41 Å². The molecule has 5 heteroatoms. The third kappa shape index (κ3) is 4.30. The summed E-state index contributed by atoms with van der Waals surface area (Å²) in [5.41, 5.74) is 4.55. The highest BCUT2D eigenvalue weighted by molar-refractivity contribution is 5.69. The Balaban J connectivity index is 1.41. The lowest BCUT2D eigenvalue weighted by Crippen LogP contribution is -2.42. The highest BCUT2D eigenvalue weighted by atomic mass is 19.1. The number of benzene rings is 2. The Morgan fingerprint density at radius 2 is 1.93 bits per heavy atom. The van der Waals surface area contributed by atoms with E-state index in [1.807, 2.05) is 24.0 Å². The molecule has 4 rings (SSSR count). The number of hydrogen-bond donors (Lipinski definition) is 1. The molecule has 0 saturated carbocycles. The molecule has 0 aromatic heterocycles. The van der Waals surface area contributed by atoms with E-state index in [2.05, 4.69) is 12.1 Å². The number of halogens is 1. The van der Waals surface area contributed by atoms with E-state index < -0.39 is 5.97 Å². The Bertz CT molecular complexity index is 903. The number of likely N-dealkylation sites (tertiary alicyclic amines) is 1. The molecule has 154 valence electrons. The van der Waals surface area contributed by atoms with E-state index in [4.69, 9.17) is 9.84 Å². The summed E-state index contributed by atoms with van der Waals surface area (Å²) in [7, 11) is 0. The normalized spacial score (nSPS) is 18.0. The number of piperidine rings is 1. The standard InChI is InChI=1S/C24H28FNO3/c1-2-17-4-3-5-22(25)21(17)16-29-20-7-6-18-13-24(14-19(18)12-20)8-10-26(11-9-24)15-23(27)28/h3-7,12H,2,8-11,13-16H2,1H3,(H,27,28). The van der Waals surface area contributed by atoms with E-state index in [0.717, 1.165) is 56.5 Å². The van der Waals surface area contributed by atoms with Crippen molar-refractivity contribution in [1.29, 1.82) is 0 Å². The van der Waals surface area contributed by atoms with Gasteiger partial charge in [-0.05, 0) is 85.5 Å². The first-order valence-electron chi connectivity index (χ1n) is 10.4. The number of ether oxygens (including phenoxy) is 1. The minimum absolute atomic E-state index is 0.136. The summed E-state index contributed by atoms with van der Waals surface area (Å²) in [4.78, 5) is 13.0. The molecule has 1 saturated heterocycles. The summed E-state index contributed by atoms with van der Waals surface area (Å²) in [5, 5.41) is 9.00. The van der Waals surface area contributed by atoms with Crippen molar-refractivity contribution in [2.45, 2.75) is 45.6 Å². The van der Waals surface area contributed by atoms with Crippen LogP contribution in [0.4, 0.5) is 4.39 Å². The number of carboxylic acid groups (broad SMARTS) is 1. The second kappa shape index (κ2) is 8.15. The predicted molar refractivity (Wildman–Crippen MR) is 110 cm³/mol. The zero-order valence-electron chi connectivity index (χ0n) is 16.9. The molecular weight excluding hydrogens is 369 g/mol. The molecular formula is C24H28FNO3. The van der Waals surface area contributed by atoms with Gasteiger partial charge in [-0.2, -0.15) is 0 Å². The van der Waals surface area contributed by atoms with E-state index in [1.54, 1.807) is 6.07 Å². The maximum absolute atomic E-state index is 14.2. The fourth-order valence-electron chi connectivity index (χ4n) is 4.88. The molecule has 0 atom stereocenters. The minimum atomic E-state index is -0.751. The molecule has 2 aliphatic rings. The van der Waals surface area contributed by atoms with Crippen LogP contribution in [0.5, 0.6) is 5.75 Å². The Labute approximate surface area is 171 Å². The van der Waals surface area contributed by atoms with Crippen molar-refractivity contribution in [3.63, 3.8) is 0 Å². The van der Waals surface area contributed by atoms with E-state index in [1.165, 1.54) is 17.2 Å². The number of hydrogen-bond acceptors (Lipinski definition) is 3. The Kier molecular flexibility index (Phi) is 5.59. The van der Waals surface area contributed by atoms with Gasteiger partial charge in [0.2, 0.25) is 0 Å². The first kappa shape index (κ1) is 19.9. The van der Waals surface area contributed by atoms with Crippen LogP contribution in [0, 0.1) is 11.2 Å². The summed E-state index contributed by atoms with van der Waals surface area (Å²) in [5.74, 6) is -0.175. The van der Waals surface area contributed by atoms with Gasteiger partial charge in [0.05, 0.1) is 6.54 Å². The lowest BCUT2D eigenvalue weighted by Gasteiger charge is -2.38. The summed E-state index contributed by atoms with van der Waals surface area (Å²) in [6.07, 6.45) is 4.90. The largest absolute Gasteiger partial charge is 0.489 e. The van der Waals surface area contributed by atoms with Gasteiger partial charge < -0.3 is 9.84 Å². The molecule has 1 spiro atoms. The van der Waals surface area contributed by atoms with Crippen molar-refractivity contribution < 1.29 is 19.0 Å². The van der Waals surface area contributed by atoms with Crippen LogP contribution in [-0.2, 0) is 30.7 Å². The van der Waals surface area contributed by atoms with Crippen molar-refractivity contribution in [1.82, 2.24) is 4.90 Å². The van der Waals surface area contributed by atoms with Crippen LogP contribution in [0.25, 0.3) is 0 Å². The molecule has 0 unspecified atom stereocenters. The average Bonchev–Trinajstić information content (AvgIpc) is 3.05. The van der Waals surface area contributed by atoms with Gasteiger partial charge in [0.1, 0.15) is 18.2 Å². The molecule has 0 amide bonds. The minimum Gasteiger partial charge on any atom is -0.489 e. The second-order valence-corrected chi connectivity index (χ2v) is 8.47. The maximum Gasteiger partial charge on any atom is 0.317 e. The third-order valence-electron chi connectivity index (χ3n) is 6.56. The van der Waals surface area contributed by atoms with Crippen LogP contribution in [-0.4, -0.2) is 35.6 Å². The SMILES string of the molecule is CCc1cccc(F)c1COc1ccc2c(c1)CC1(CCN(CC(=O)O)CC1)C2. The van der Waals surface area contributed by atoms with Crippen LogP contribution in [0.3, 0.4) is 0 Å². The monoisotopic (exact) mass is 397 g/mol. The lowest BCUT2D eigenvalue weighted by atomic mass is 9.76. The summed E-state index contributed by atoms with van der Waals surface area (Å²) in [6.45, 7) is 4.09. The fourth-order valence-corrected chi connectivity index (χ4v) is 4.88. The van der Waals surface area contributed by atoms with Gasteiger partial charge in [-0.1, -0.05) is 25.1 Å². The van der Waals surface area contributed by atoms with Gasteiger partial charge in [-0.15, -0.1) is 0 Å². The van der Waals surface area contributed by atoms with Crippen molar-refractivity contribution in [3.8, 4) is 5.75 Å². The van der Waals surface area contributed by atoms with Gasteiger partial charge in [0.25, 0.3) is 0 Å². The van der Waals surface area contributed by atoms with Crippen molar-refractivity contribution >= 4 is 5.97 Å². The molecule has 1 N–H and O–H groups in total. The summed E-state index contributed by atoms with van der Waals surface area (Å²) in [6, 6.07) is 11.4. The highest BCUT2D eigenvalue weighted by Crippen LogP contribution is 2.45. The van der Waals surface area contributed by atoms with Crippen LogP contribution in [0.1, 0.15) is 42.0 Å². The quantitative estimate of drug-likeness (QED) is 0.792. The lowest BCUT2D eigenvalue weighted by molar-refractivity contribution is -0.138. The molecule has 2 aromatic carbocycles. The Morgan fingerprint density at radius 3 is 2.66 bits per heavy atom. The molecule has 0 bridgehead atoms. The Morgan fingerprint density at radius 1 is 1.17 bits per heavy atom. The molecule has 0 radical (unpaired) electrons. The molecule has 2 aromatic rings. The highest BCUT2D eigenvalue weighted by Gasteiger charge is 2.40. The van der Waals surface area contributed by atoms with Crippen molar-refractivity contribution in [3.05, 3.63) is 64.5 Å². The van der Waals surface area contributed by atoms with Gasteiger partial charge >= 0.3 is 5.97 Å². The number of rotatable bonds is 6. The number of carboxylic acids is 1. The molecule has 29 heavy (non-hydrogen) atoms. The third-order valence-corrected chi connectivity index (χ3v) is 6.56. The van der Waals surface area contributed by atoms with E-state index in [9.17, 15) is 9.18 Å². The number of aliphatic carboxylic acids is 1. The predicted octanol–water partition coefficient (Wildman–Crippen LogP) is 4.23. The number of nitrogens with zero attached hydrogens (tertiary/aromatic N) is 1. The van der Waals surface area contributed by atoms with Gasteiger partial charge in [-0.3, -0.25) is 9.69 Å². The zero-order valence-corrected chi connectivity index (χ0v) is 16.9. The summed E-state index contributed by atoms with van der Waals surface area (Å²) < 4.78 is 20.2. The van der Waals surface area contributed by atoms with Crippen LogP contribution >= 0.6 is 0 Å². The van der Waals surface area contributed by atoms with Crippen LogP contribution in [0.15, 0.2) is 36.4 Å². The van der Waals surface area contributed by atoms with Gasteiger partial charge in [-0.25, -0.2) is 4.39 Å². The topological polar surface area (TPSA) is 49.8 Å². The second-order valence-electron chi connectivity index (χ2n) is 8.47. The molecule has 1 heterocycles. The maximum atomic E-state index is 14.2. The first-order chi connectivity index (χ1) is 14.0. The smallest absolute Gasteiger partial charge is 0.317 e. The fraction of sp³-hybridized carbons (Fsp3) is 0.458. The van der Waals surface area contributed by atoms with Gasteiger partial charge in [0, 0.05) is 5.56 Å². The molecule has 1 aliphatic heterocycles. The first-order valence-corrected chi connectivity index (χ1v) is 10.4. The molecule has 4 nitrogen and oxygen atoms in total. The van der Waals surface area contributed by atoms with Crippen molar-refractivity contribution in [2.75, 3.05) is 19.6 Å². The number of aryl methyl sites for hydroxylation is 1. The molecule has 1 fully saturated rings. The van der Waals surface area contributed by atoms with Gasteiger partial charge in [0.15, 0.2) is 0 Å². The summed E-state index contributed by atoms with van der Waals surface area (Å²) >= 11 is 0. The molecule has 1 aliphatic carbocycles. The van der Waals surface area contributed by atoms with E-state index >= 15 is 0 Å². The van der Waals surface area contributed by atoms with E-state index in [0.29, 0.717) is 5.56 Å². The number of fused-ring (bicyclic) bond motifs is 1. The average molecular weight is 397 g/mol.